The van der Waals surface area contributed by atoms with E-state index in [2.05, 4.69) is 38.8 Å². The van der Waals surface area contributed by atoms with Gasteiger partial charge in [-0.05, 0) is 55.8 Å². The van der Waals surface area contributed by atoms with Crippen LogP contribution >= 0.6 is 11.3 Å². The molecule has 1 aliphatic heterocycles. The van der Waals surface area contributed by atoms with E-state index in [-0.39, 0.29) is 5.91 Å². The Morgan fingerprint density at radius 2 is 1.86 bits per heavy atom. The molecule has 146 valence electrons. The monoisotopic (exact) mass is 402 g/mol. The predicted octanol–water partition coefficient (Wildman–Crippen LogP) is 4.55. The second-order valence-electron chi connectivity index (χ2n) is 7.41. The summed E-state index contributed by atoms with van der Waals surface area (Å²) in [6, 6.07) is 18.3. The average Bonchev–Trinajstić information content (AvgIpc) is 3.44. The van der Waals surface area contributed by atoms with Crippen LogP contribution in [0, 0.1) is 0 Å². The highest BCUT2D eigenvalue weighted by Crippen LogP contribution is 2.38. The molecule has 29 heavy (non-hydrogen) atoms. The summed E-state index contributed by atoms with van der Waals surface area (Å²) in [4.78, 5) is 22.1. The molecule has 4 heterocycles. The molecule has 4 aromatic rings. The van der Waals surface area contributed by atoms with Crippen molar-refractivity contribution in [3.8, 4) is 10.4 Å². The Hall–Kier alpha value is -2.96. The highest BCUT2D eigenvalue weighted by molar-refractivity contribution is 7.19. The summed E-state index contributed by atoms with van der Waals surface area (Å²) < 4.78 is 0. The number of nitrogens with one attached hydrogen (secondary N) is 3. The van der Waals surface area contributed by atoms with E-state index in [9.17, 15) is 4.79 Å². The number of hydrogen-bond donors (Lipinski definition) is 3. The van der Waals surface area contributed by atoms with Crippen molar-refractivity contribution in [3.05, 3.63) is 72.6 Å². The Morgan fingerprint density at radius 1 is 1.03 bits per heavy atom. The standard InChI is InChI=1S/C23H22N4OS/c28-22(23(10-14-24-15-11-23)16-4-2-1-3-5-16)27-20-7-6-19(29-20)17-8-12-25-21-18(17)9-13-26-21/h1-9,12-13,24H,10-11,14-15H2,(H,25,26)(H,27,28). The number of H-pyrrole nitrogens is 1. The van der Waals surface area contributed by atoms with Gasteiger partial charge >= 0.3 is 0 Å². The van der Waals surface area contributed by atoms with E-state index in [0.29, 0.717) is 0 Å². The number of hydrogen-bond acceptors (Lipinski definition) is 4. The van der Waals surface area contributed by atoms with Gasteiger partial charge in [0.1, 0.15) is 5.65 Å². The van der Waals surface area contributed by atoms with Gasteiger partial charge in [-0.1, -0.05) is 30.3 Å². The largest absolute Gasteiger partial charge is 0.346 e. The molecule has 1 aromatic carbocycles. The van der Waals surface area contributed by atoms with Crippen LogP contribution in [0.25, 0.3) is 21.5 Å². The number of pyridine rings is 1. The molecule has 1 aliphatic rings. The van der Waals surface area contributed by atoms with Gasteiger partial charge in [-0.2, -0.15) is 0 Å². The summed E-state index contributed by atoms with van der Waals surface area (Å²) in [5.74, 6) is 0.0834. The lowest BCUT2D eigenvalue weighted by Crippen LogP contribution is -2.48. The molecular weight excluding hydrogens is 380 g/mol. The van der Waals surface area contributed by atoms with E-state index in [1.807, 2.05) is 48.8 Å². The molecule has 1 fully saturated rings. The fourth-order valence-corrected chi connectivity index (χ4v) is 5.16. The maximum atomic E-state index is 13.5. The number of amides is 1. The maximum Gasteiger partial charge on any atom is 0.235 e. The van der Waals surface area contributed by atoms with Crippen LogP contribution < -0.4 is 10.6 Å². The van der Waals surface area contributed by atoms with Gasteiger partial charge in [0.15, 0.2) is 0 Å². The Kier molecular flexibility index (Phi) is 4.66. The predicted molar refractivity (Wildman–Crippen MR) is 118 cm³/mol. The molecule has 0 saturated carbocycles. The fraction of sp³-hybridized carbons (Fsp3) is 0.217. The minimum Gasteiger partial charge on any atom is -0.346 e. The smallest absolute Gasteiger partial charge is 0.235 e. The van der Waals surface area contributed by atoms with Crippen molar-refractivity contribution in [3.63, 3.8) is 0 Å². The Morgan fingerprint density at radius 3 is 2.69 bits per heavy atom. The van der Waals surface area contributed by atoms with E-state index in [4.69, 9.17) is 0 Å². The van der Waals surface area contributed by atoms with Crippen LogP contribution in [-0.2, 0) is 10.2 Å². The number of benzene rings is 1. The van der Waals surface area contributed by atoms with Gasteiger partial charge in [0, 0.05) is 28.2 Å². The first kappa shape index (κ1) is 18.1. The first-order valence-corrected chi connectivity index (χ1v) is 10.7. The zero-order valence-corrected chi connectivity index (χ0v) is 16.8. The first-order chi connectivity index (χ1) is 14.3. The van der Waals surface area contributed by atoms with Crippen LogP contribution in [0.2, 0.25) is 0 Å². The Bertz CT molecular complexity index is 1140. The summed E-state index contributed by atoms with van der Waals surface area (Å²) in [5.41, 5.74) is 2.61. The lowest BCUT2D eigenvalue weighted by Gasteiger charge is -2.36. The van der Waals surface area contributed by atoms with Gasteiger partial charge in [-0.3, -0.25) is 4.79 Å². The number of aromatic nitrogens is 2. The van der Waals surface area contributed by atoms with E-state index in [1.165, 1.54) is 0 Å². The zero-order valence-electron chi connectivity index (χ0n) is 15.9. The number of rotatable bonds is 4. The third-order valence-corrected chi connectivity index (χ3v) is 6.82. The van der Waals surface area contributed by atoms with Crippen LogP contribution in [0.3, 0.4) is 0 Å². The topological polar surface area (TPSA) is 69.8 Å². The minimum atomic E-state index is -0.485. The number of carbonyl (C=O) groups excluding carboxylic acids is 1. The van der Waals surface area contributed by atoms with E-state index >= 15 is 0 Å². The van der Waals surface area contributed by atoms with Gasteiger partial charge < -0.3 is 15.6 Å². The molecule has 0 bridgehead atoms. The Labute approximate surface area is 173 Å². The highest BCUT2D eigenvalue weighted by atomic mass is 32.1. The van der Waals surface area contributed by atoms with Gasteiger partial charge in [0.25, 0.3) is 0 Å². The molecule has 1 amide bonds. The summed E-state index contributed by atoms with van der Waals surface area (Å²) >= 11 is 1.60. The van der Waals surface area contributed by atoms with Gasteiger partial charge in [-0.15, -0.1) is 11.3 Å². The maximum absolute atomic E-state index is 13.5. The lowest BCUT2D eigenvalue weighted by atomic mass is 9.72. The van der Waals surface area contributed by atoms with E-state index in [1.54, 1.807) is 11.3 Å². The van der Waals surface area contributed by atoms with Crippen molar-refractivity contribution in [2.24, 2.45) is 0 Å². The number of fused-ring (bicyclic) bond motifs is 1. The number of piperidine rings is 1. The molecule has 0 spiro atoms. The number of carbonyl (C=O) groups is 1. The highest BCUT2D eigenvalue weighted by Gasteiger charge is 2.41. The molecule has 5 rings (SSSR count). The summed E-state index contributed by atoms with van der Waals surface area (Å²) in [6.45, 7) is 1.70. The first-order valence-electron chi connectivity index (χ1n) is 9.86. The normalized spacial score (nSPS) is 16.0. The van der Waals surface area contributed by atoms with Crippen LogP contribution in [-0.4, -0.2) is 29.0 Å². The van der Waals surface area contributed by atoms with Gasteiger partial charge in [0.2, 0.25) is 5.91 Å². The fourth-order valence-electron chi connectivity index (χ4n) is 4.21. The molecule has 0 unspecified atom stereocenters. The molecule has 5 nitrogen and oxygen atoms in total. The number of anilines is 1. The lowest BCUT2D eigenvalue weighted by molar-refractivity contribution is -0.122. The second kappa shape index (κ2) is 7.46. The van der Waals surface area contributed by atoms with E-state index < -0.39 is 5.41 Å². The summed E-state index contributed by atoms with van der Waals surface area (Å²) in [7, 11) is 0. The molecule has 1 saturated heterocycles. The number of nitrogens with zero attached hydrogens (tertiary/aromatic N) is 1. The molecule has 3 aromatic heterocycles. The molecule has 6 heteroatoms. The molecule has 3 N–H and O–H groups in total. The molecule has 0 radical (unpaired) electrons. The summed E-state index contributed by atoms with van der Waals surface area (Å²) in [5, 5.41) is 8.56. The van der Waals surface area contributed by atoms with E-state index in [0.717, 1.165) is 58.0 Å². The third kappa shape index (κ3) is 3.24. The van der Waals surface area contributed by atoms with Crippen LogP contribution in [0.4, 0.5) is 5.00 Å². The SMILES string of the molecule is O=C(Nc1ccc(-c2ccnc3[nH]ccc23)s1)C1(c2ccccc2)CCNCC1. The van der Waals surface area contributed by atoms with Crippen LogP contribution in [0.1, 0.15) is 18.4 Å². The van der Waals surface area contributed by atoms with Crippen LogP contribution in [0.5, 0.6) is 0 Å². The van der Waals surface area contributed by atoms with Crippen molar-refractivity contribution in [1.82, 2.24) is 15.3 Å². The van der Waals surface area contributed by atoms with Crippen molar-refractivity contribution in [2.45, 2.75) is 18.3 Å². The number of thiophene rings is 1. The van der Waals surface area contributed by atoms with Crippen LogP contribution in [0.15, 0.2) is 67.0 Å². The molecular formula is C23H22N4OS. The van der Waals surface area contributed by atoms with Crippen molar-refractivity contribution in [2.75, 3.05) is 18.4 Å². The van der Waals surface area contributed by atoms with Crippen molar-refractivity contribution in [1.29, 1.82) is 0 Å². The zero-order chi connectivity index (χ0) is 19.7. The Balaban J connectivity index is 1.44. The average molecular weight is 403 g/mol. The quantitative estimate of drug-likeness (QED) is 0.469. The third-order valence-electron chi connectivity index (χ3n) is 5.79. The number of aromatic amines is 1. The van der Waals surface area contributed by atoms with Crippen molar-refractivity contribution < 1.29 is 4.79 Å². The molecule has 0 aliphatic carbocycles. The second-order valence-corrected chi connectivity index (χ2v) is 8.50. The summed E-state index contributed by atoms with van der Waals surface area (Å²) in [6.07, 6.45) is 5.31. The minimum absolute atomic E-state index is 0.0834. The van der Waals surface area contributed by atoms with Gasteiger partial charge in [-0.25, -0.2) is 4.98 Å². The van der Waals surface area contributed by atoms with Gasteiger partial charge in [0.05, 0.1) is 10.4 Å². The molecule has 0 atom stereocenters. The van der Waals surface area contributed by atoms with Crippen molar-refractivity contribution >= 4 is 33.3 Å².